The van der Waals surface area contributed by atoms with Crippen molar-refractivity contribution >= 4 is 29.9 Å². The smallest absolute Gasteiger partial charge is 0.233 e. The number of hydrogen-bond donors (Lipinski definition) is 2. The Balaban J connectivity index is 1.73. The third kappa shape index (κ3) is 4.73. The summed E-state index contributed by atoms with van der Waals surface area (Å²) in [6.07, 6.45) is 1.54. The van der Waals surface area contributed by atoms with Gasteiger partial charge in [-0.2, -0.15) is 24.0 Å². The predicted molar refractivity (Wildman–Crippen MR) is 84.0 cm³/mol. The van der Waals surface area contributed by atoms with Crippen LogP contribution in [-0.2, 0) is 17.6 Å². The van der Waals surface area contributed by atoms with Crippen LogP contribution in [0.5, 0.6) is 0 Å². The van der Waals surface area contributed by atoms with Gasteiger partial charge in [-0.25, -0.2) is 0 Å². The van der Waals surface area contributed by atoms with Crippen LogP contribution in [0.15, 0.2) is 47.2 Å². The van der Waals surface area contributed by atoms with Gasteiger partial charge in [0.25, 0.3) is 0 Å². The van der Waals surface area contributed by atoms with Crippen molar-refractivity contribution < 1.29 is 4.79 Å². The van der Waals surface area contributed by atoms with Crippen molar-refractivity contribution in [1.29, 1.82) is 0 Å². The van der Waals surface area contributed by atoms with Gasteiger partial charge in [0.15, 0.2) is 0 Å². The zero-order valence-electron chi connectivity index (χ0n) is 10.6. The highest BCUT2D eigenvalue weighted by molar-refractivity contribution is 7.81. The van der Waals surface area contributed by atoms with Gasteiger partial charge >= 0.3 is 0 Å². The molecular weight excluding hydrogens is 274 g/mol. The fourth-order valence-electron chi connectivity index (χ4n) is 1.81. The van der Waals surface area contributed by atoms with Crippen molar-refractivity contribution in [1.82, 2.24) is 5.32 Å². The minimum absolute atomic E-state index is 0.00224. The van der Waals surface area contributed by atoms with Gasteiger partial charge in [0.05, 0.1) is 5.25 Å². The Kier molecular flexibility index (Phi) is 5.48. The maximum atomic E-state index is 11.9. The van der Waals surface area contributed by atoms with E-state index in [9.17, 15) is 4.79 Å². The van der Waals surface area contributed by atoms with Gasteiger partial charge in [-0.05, 0) is 40.8 Å². The second-order valence-electron chi connectivity index (χ2n) is 4.38. The van der Waals surface area contributed by atoms with Gasteiger partial charge in [-0.3, -0.25) is 4.79 Å². The summed E-state index contributed by atoms with van der Waals surface area (Å²) in [6, 6.07) is 12.0. The zero-order chi connectivity index (χ0) is 13.5. The van der Waals surface area contributed by atoms with E-state index in [1.807, 2.05) is 35.7 Å². The summed E-state index contributed by atoms with van der Waals surface area (Å²) in [5, 5.41) is 6.80. The second kappa shape index (κ2) is 7.36. The molecule has 1 atom stereocenters. The fourth-order valence-corrected chi connectivity index (χ4v) is 2.82. The van der Waals surface area contributed by atoms with Crippen LogP contribution in [0.3, 0.4) is 0 Å². The maximum Gasteiger partial charge on any atom is 0.233 e. The Morgan fingerprint density at radius 1 is 1.21 bits per heavy atom. The average molecular weight is 291 g/mol. The van der Waals surface area contributed by atoms with E-state index in [1.165, 1.54) is 5.56 Å². The van der Waals surface area contributed by atoms with E-state index in [0.29, 0.717) is 13.0 Å². The molecule has 19 heavy (non-hydrogen) atoms. The van der Waals surface area contributed by atoms with E-state index < -0.39 is 0 Å². The van der Waals surface area contributed by atoms with E-state index in [0.717, 1.165) is 12.0 Å². The van der Waals surface area contributed by atoms with Crippen LogP contribution < -0.4 is 5.32 Å². The summed E-state index contributed by atoms with van der Waals surface area (Å²) < 4.78 is 0. The van der Waals surface area contributed by atoms with Crippen LogP contribution in [0.4, 0.5) is 0 Å². The number of thiophene rings is 1. The standard InChI is InChI=1S/C15H17NOS2/c17-15(16-8-6-13-7-9-19-11-13)14(18)10-12-4-2-1-3-5-12/h1-5,7,9,11,14,18H,6,8,10H2,(H,16,17). The second-order valence-corrected chi connectivity index (χ2v) is 5.78. The highest BCUT2D eigenvalue weighted by atomic mass is 32.1. The SMILES string of the molecule is O=C(NCCc1ccsc1)C(S)Cc1ccccc1. The molecule has 1 amide bonds. The van der Waals surface area contributed by atoms with Gasteiger partial charge in [-0.1, -0.05) is 30.3 Å². The third-order valence-electron chi connectivity index (χ3n) is 2.87. The lowest BCUT2D eigenvalue weighted by molar-refractivity contribution is -0.120. The molecule has 1 unspecified atom stereocenters. The van der Waals surface area contributed by atoms with E-state index in [-0.39, 0.29) is 11.2 Å². The Morgan fingerprint density at radius 3 is 2.68 bits per heavy atom. The molecule has 1 heterocycles. The number of carbonyl (C=O) groups excluding carboxylic acids is 1. The van der Waals surface area contributed by atoms with Crippen molar-refractivity contribution in [3.05, 3.63) is 58.3 Å². The molecule has 1 N–H and O–H groups in total. The van der Waals surface area contributed by atoms with Crippen molar-refractivity contribution in [2.45, 2.75) is 18.1 Å². The molecule has 0 aliphatic heterocycles. The quantitative estimate of drug-likeness (QED) is 0.787. The number of amides is 1. The van der Waals surface area contributed by atoms with Gasteiger partial charge in [-0.15, -0.1) is 0 Å². The first-order chi connectivity index (χ1) is 9.25. The molecule has 0 fully saturated rings. The minimum atomic E-state index is -0.287. The first-order valence-corrected chi connectivity index (χ1v) is 7.72. The molecule has 0 radical (unpaired) electrons. The average Bonchev–Trinajstić information content (AvgIpc) is 2.93. The van der Waals surface area contributed by atoms with Gasteiger partial charge in [0.1, 0.15) is 0 Å². The molecule has 0 spiro atoms. The molecule has 2 rings (SSSR count). The van der Waals surface area contributed by atoms with E-state index in [4.69, 9.17) is 0 Å². The predicted octanol–water partition coefficient (Wildman–Crippen LogP) is 2.95. The lowest BCUT2D eigenvalue weighted by atomic mass is 10.1. The largest absolute Gasteiger partial charge is 0.355 e. The molecule has 0 aliphatic rings. The topological polar surface area (TPSA) is 29.1 Å². The lowest BCUT2D eigenvalue weighted by Crippen LogP contribution is -2.34. The van der Waals surface area contributed by atoms with E-state index >= 15 is 0 Å². The molecular formula is C15H17NOS2. The summed E-state index contributed by atoms with van der Waals surface area (Å²) in [4.78, 5) is 11.9. The first-order valence-electron chi connectivity index (χ1n) is 6.26. The van der Waals surface area contributed by atoms with Crippen molar-refractivity contribution in [3.63, 3.8) is 0 Å². The molecule has 2 nitrogen and oxygen atoms in total. The molecule has 0 saturated heterocycles. The monoisotopic (exact) mass is 291 g/mol. The summed E-state index contributed by atoms with van der Waals surface area (Å²) in [6.45, 7) is 0.668. The lowest BCUT2D eigenvalue weighted by Gasteiger charge is -2.11. The zero-order valence-corrected chi connectivity index (χ0v) is 12.3. The first kappa shape index (κ1) is 14.2. The summed E-state index contributed by atoms with van der Waals surface area (Å²) in [5.41, 5.74) is 2.40. The fraction of sp³-hybridized carbons (Fsp3) is 0.267. The van der Waals surface area contributed by atoms with Gasteiger partial charge in [0, 0.05) is 6.54 Å². The highest BCUT2D eigenvalue weighted by Crippen LogP contribution is 2.08. The van der Waals surface area contributed by atoms with Crippen LogP contribution >= 0.6 is 24.0 Å². The van der Waals surface area contributed by atoms with Crippen molar-refractivity contribution in [2.24, 2.45) is 0 Å². The Bertz CT molecular complexity index is 496. The molecule has 100 valence electrons. The molecule has 0 bridgehead atoms. The van der Waals surface area contributed by atoms with Crippen LogP contribution in [0.2, 0.25) is 0 Å². The number of carbonyl (C=O) groups is 1. The number of hydrogen-bond acceptors (Lipinski definition) is 3. The molecule has 0 saturated carbocycles. The van der Waals surface area contributed by atoms with E-state index in [2.05, 4.69) is 29.4 Å². The Hall–Kier alpha value is -1.26. The molecule has 2 aromatic rings. The van der Waals surface area contributed by atoms with Gasteiger partial charge in [0.2, 0.25) is 5.91 Å². The van der Waals surface area contributed by atoms with Crippen molar-refractivity contribution in [2.75, 3.05) is 6.54 Å². The third-order valence-corrected chi connectivity index (χ3v) is 4.02. The molecule has 4 heteroatoms. The number of rotatable bonds is 6. The summed E-state index contributed by atoms with van der Waals surface area (Å²) in [7, 11) is 0. The number of thiol groups is 1. The number of benzene rings is 1. The Labute approximate surface area is 123 Å². The molecule has 0 aliphatic carbocycles. The summed E-state index contributed by atoms with van der Waals surface area (Å²) >= 11 is 6.05. The molecule has 1 aromatic heterocycles. The maximum absolute atomic E-state index is 11.9. The van der Waals surface area contributed by atoms with Crippen LogP contribution in [0.1, 0.15) is 11.1 Å². The van der Waals surface area contributed by atoms with Crippen LogP contribution in [0.25, 0.3) is 0 Å². The van der Waals surface area contributed by atoms with E-state index in [1.54, 1.807) is 11.3 Å². The van der Waals surface area contributed by atoms with Crippen LogP contribution in [-0.4, -0.2) is 17.7 Å². The van der Waals surface area contributed by atoms with Crippen molar-refractivity contribution in [3.8, 4) is 0 Å². The van der Waals surface area contributed by atoms with Crippen LogP contribution in [0, 0.1) is 0 Å². The molecule has 1 aromatic carbocycles. The Morgan fingerprint density at radius 2 is 2.00 bits per heavy atom. The summed E-state index contributed by atoms with van der Waals surface area (Å²) in [5.74, 6) is 0.00224. The normalized spacial score (nSPS) is 12.1. The number of nitrogens with one attached hydrogen (secondary N) is 1. The highest BCUT2D eigenvalue weighted by Gasteiger charge is 2.13. The minimum Gasteiger partial charge on any atom is -0.355 e. The van der Waals surface area contributed by atoms with Gasteiger partial charge < -0.3 is 5.32 Å².